The minimum absolute atomic E-state index is 0.0808. The zero-order valence-corrected chi connectivity index (χ0v) is 45.1. The maximum Gasteiger partial charge on any atom is 0.306 e. The molecule has 0 radical (unpaired) electrons. The summed E-state index contributed by atoms with van der Waals surface area (Å²) in [5.41, 5.74) is 0. The van der Waals surface area contributed by atoms with E-state index >= 15 is 0 Å². The highest BCUT2D eigenvalue weighted by Gasteiger charge is 2.19. The van der Waals surface area contributed by atoms with Gasteiger partial charge in [-0.1, -0.05) is 274 Å². The molecule has 0 heterocycles. The molecule has 1 atom stereocenters. The van der Waals surface area contributed by atoms with Gasteiger partial charge in [-0.15, -0.1) is 0 Å². The third-order valence-electron chi connectivity index (χ3n) is 12.8. The number of carbonyl (C=O) groups excluding carboxylic acids is 3. The highest BCUT2D eigenvalue weighted by atomic mass is 16.6. The fourth-order valence-electron chi connectivity index (χ4n) is 8.41. The van der Waals surface area contributed by atoms with E-state index in [1.54, 1.807) is 0 Å². The van der Waals surface area contributed by atoms with Crippen molar-refractivity contribution in [3.8, 4) is 0 Å². The lowest BCUT2D eigenvalue weighted by molar-refractivity contribution is -0.167. The number of hydrogen-bond acceptors (Lipinski definition) is 6. The Morgan fingerprint density at radius 2 is 0.574 bits per heavy atom. The van der Waals surface area contributed by atoms with Gasteiger partial charge in [0, 0.05) is 19.3 Å². The Labute approximate surface area is 421 Å². The van der Waals surface area contributed by atoms with Crippen LogP contribution in [0.3, 0.4) is 0 Å². The lowest BCUT2D eigenvalue weighted by Gasteiger charge is -2.18. The van der Waals surface area contributed by atoms with Crippen LogP contribution in [0.2, 0.25) is 0 Å². The molecular formula is C62H110O6. The number of ether oxygens (including phenoxy) is 3. The fraction of sp³-hybridized carbons (Fsp3) is 0.790. The summed E-state index contributed by atoms with van der Waals surface area (Å²) in [5, 5.41) is 0. The van der Waals surface area contributed by atoms with Gasteiger partial charge in [0.2, 0.25) is 0 Å². The zero-order chi connectivity index (χ0) is 49.3. The van der Waals surface area contributed by atoms with E-state index in [0.717, 1.165) is 96.3 Å². The SMILES string of the molecule is CC/C=C\C/C=C\C/C=C\C/C=C\C/C=C\CCCCCC(=O)OC[C@@H](COC(=O)CCCCCCCCCCCCCC)OC(=O)CCCCCCCCCCCCCCCCCCCCC. The number of hydrogen-bond donors (Lipinski definition) is 0. The topological polar surface area (TPSA) is 78.9 Å². The predicted octanol–water partition coefficient (Wildman–Crippen LogP) is 19.6. The summed E-state index contributed by atoms with van der Waals surface area (Å²) < 4.78 is 16.9. The predicted molar refractivity (Wildman–Crippen MR) is 293 cm³/mol. The van der Waals surface area contributed by atoms with E-state index in [0.29, 0.717) is 19.3 Å². The standard InChI is InChI=1S/C62H110O6/c1-4-7-10-13-16-19-22-25-27-29-31-33-35-37-40-43-46-49-52-55-61(64)67-58-59(57-66-60(63)54-51-48-45-42-39-24-21-18-15-12-9-6-3)68-62(65)56-53-50-47-44-41-38-36-34-32-30-28-26-23-20-17-14-11-8-5-2/h7,10,16,19,25,27,31,33,37,40,59H,4-6,8-9,11-15,17-18,20-24,26,28-30,32,34-36,38-39,41-58H2,1-3H3/b10-7-,19-16-,27-25-,33-31-,40-37-/t59-/m1/s1. The van der Waals surface area contributed by atoms with Crippen molar-refractivity contribution in [2.45, 2.75) is 303 Å². The van der Waals surface area contributed by atoms with Crippen molar-refractivity contribution in [3.63, 3.8) is 0 Å². The third-order valence-corrected chi connectivity index (χ3v) is 12.8. The van der Waals surface area contributed by atoms with Crippen LogP contribution in [-0.2, 0) is 28.6 Å². The van der Waals surface area contributed by atoms with Gasteiger partial charge in [-0.25, -0.2) is 0 Å². The van der Waals surface area contributed by atoms with Crippen LogP contribution in [0.25, 0.3) is 0 Å². The van der Waals surface area contributed by atoms with E-state index in [2.05, 4.69) is 81.5 Å². The molecule has 0 spiro atoms. The average molecular weight is 952 g/mol. The van der Waals surface area contributed by atoms with E-state index in [1.807, 2.05) is 0 Å². The first-order chi connectivity index (χ1) is 33.5. The minimum atomic E-state index is -0.784. The molecule has 0 saturated heterocycles. The molecule has 0 bridgehead atoms. The minimum Gasteiger partial charge on any atom is -0.462 e. The van der Waals surface area contributed by atoms with Crippen molar-refractivity contribution in [1.29, 1.82) is 0 Å². The lowest BCUT2D eigenvalue weighted by atomic mass is 10.0. The van der Waals surface area contributed by atoms with E-state index in [-0.39, 0.29) is 31.1 Å². The summed E-state index contributed by atoms with van der Waals surface area (Å²) in [4.78, 5) is 38.1. The van der Waals surface area contributed by atoms with Crippen LogP contribution < -0.4 is 0 Å². The van der Waals surface area contributed by atoms with E-state index < -0.39 is 6.10 Å². The zero-order valence-electron chi connectivity index (χ0n) is 45.1. The highest BCUT2D eigenvalue weighted by molar-refractivity contribution is 5.71. The molecule has 0 aliphatic heterocycles. The van der Waals surface area contributed by atoms with Gasteiger partial charge in [-0.2, -0.15) is 0 Å². The van der Waals surface area contributed by atoms with Gasteiger partial charge >= 0.3 is 17.9 Å². The van der Waals surface area contributed by atoms with Crippen LogP contribution in [0.4, 0.5) is 0 Å². The van der Waals surface area contributed by atoms with Crippen molar-refractivity contribution in [2.24, 2.45) is 0 Å². The lowest BCUT2D eigenvalue weighted by Crippen LogP contribution is -2.30. The van der Waals surface area contributed by atoms with E-state index in [1.165, 1.54) is 161 Å². The normalized spacial score (nSPS) is 12.5. The van der Waals surface area contributed by atoms with Crippen molar-refractivity contribution < 1.29 is 28.6 Å². The van der Waals surface area contributed by atoms with Gasteiger partial charge in [-0.3, -0.25) is 14.4 Å². The summed E-state index contributed by atoms with van der Waals surface area (Å²) in [6, 6.07) is 0. The van der Waals surface area contributed by atoms with E-state index in [4.69, 9.17) is 14.2 Å². The first-order valence-electron chi connectivity index (χ1n) is 29.3. The smallest absolute Gasteiger partial charge is 0.306 e. The average Bonchev–Trinajstić information content (AvgIpc) is 3.34. The molecule has 0 fully saturated rings. The van der Waals surface area contributed by atoms with Crippen molar-refractivity contribution in [2.75, 3.05) is 13.2 Å². The number of unbranched alkanes of at least 4 members (excludes halogenated alkanes) is 32. The summed E-state index contributed by atoms with van der Waals surface area (Å²) >= 11 is 0. The van der Waals surface area contributed by atoms with Gasteiger partial charge in [-0.05, 0) is 64.2 Å². The van der Waals surface area contributed by atoms with E-state index in [9.17, 15) is 14.4 Å². The molecule has 0 aromatic rings. The molecule has 0 aliphatic rings. The molecule has 394 valence electrons. The second kappa shape index (κ2) is 56.7. The Morgan fingerprint density at radius 1 is 0.309 bits per heavy atom. The Bertz CT molecular complexity index is 1230. The summed E-state index contributed by atoms with van der Waals surface area (Å²) in [6.45, 7) is 6.53. The molecule has 0 aromatic heterocycles. The molecule has 6 heteroatoms. The molecule has 0 unspecified atom stereocenters. The van der Waals surface area contributed by atoms with Crippen LogP contribution in [0, 0.1) is 0 Å². The molecule has 68 heavy (non-hydrogen) atoms. The number of esters is 3. The Kier molecular flexibility index (Phi) is 54.3. The van der Waals surface area contributed by atoms with Crippen LogP contribution in [0.5, 0.6) is 0 Å². The molecular weight excluding hydrogens is 841 g/mol. The molecule has 0 N–H and O–H groups in total. The van der Waals surface area contributed by atoms with Gasteiger partial charge < -0.3 is 14.2 Å². The second-order valence-electron chi connectivity index (χ2n) is 19.5. The van der Waals surface area contributed by atoms with Gasteiger partial charge in [0.05, 0.1) is 0 Å². The molecule has 0 rings (SSSR count). The second-order valence-corrected chi connectivity index (χ2v) is 19.5. The summed E-state index contributed by atoms with van der Waals surface area (Å²) in [6.07, 6.45) is 70.7. The van der Waals surface area contributed by atoms with Gasteiger partial charge in [0.25, 0.3) is 0 Å². The van der Waals surface area contributed by atoms with Gasteiger partial charge in [0.15, 0.2) is 6.10 Å². The van der Waals surface area contributed by atoms with Crippen molar-refractivity contribution in [3.05, 3.63) is 60.8 Å². The molecule has 0 aliphatic carbocycles. The quantitative estimate of drug-likeness (QED) is 0.0262. The van der Waals surface area contributed by atoms with Crippen LogP contribution in [0.1, 0.15) is 297 Å². The number of rotatable bonds is 53. The molecule has 0 amide bonds. The Hall–Kier alpha value is -2.89. The molecule has 0 aromatic carbocycles. The van der Waals surface area contributed by atoms with Crippen molar-refractivity contribution >= 4 is 17.9 Å². The maximum atomic E-state index is 12.9. The first kappa shape index (κ1) is 65.1. The molecule has 6 nitrogen and oxygen atoms in total. The van der Waals surface area contributed by atoms with Crippen molar-refractivity contribution in [1.82, 2.24) is 0 Å². The Balaban J connectivity index is 4.37. The Morgan fingerprint density at radius 3 is 0.897 bits per heavy atom. The van der Waals surface area contributed by atoms with Gasteiger partial charge in [0.1, 0.15) is 13.2 Å². The van der Waals surface area contributed by atoms with Crippen LogP contribution in [-0.4, -0.2) is 37.2 Å². The monoisotopic (exact) mass is 951 g/mol. The number of carbonyl (C=O) groups is 3. The third kappa shape index (κ3) is 54.1. The fourth-order valence-corrected chi connectivity index (χ4v) is 8.41. The van der Waals surface area contributed by atoms with Crippen LogP contribution >= 0.6 is 0 Å². The molecule has 0 saturated carbocycles. The first-order valence-corrected chi connectivity index (χ1v) is 29.3. The maximum absolute atomic E-state index is 12.9. The summed E-state index contributed by atoms with van der Waals surface area (Å²) in [5.74, 6) is -0.900. The largest absolute Gasteiger partial charge is 0.462 e. The number of allylic oxidation sites excluding steroid dienone is 10. The summed E-state index contributed by atoms with van der Waals surface area (Å²) in [7, 11) is 0. The van der Waals surface area contributed by atoms with Crippen LogP contribution in [0.15, 0.2) is 60.8 Å². The highest BCUT2D eigenvalue weighted by Crippen LogP contribution is 2.17.